The molecule has 0 spiro atoms. The van der Waals surface area contributed by atoms with E-state index in [-0.39, 0.29) is 11.1 Å². The third-order valence-electron chi connectivity index (χ3n) is 3.27. The molecule has 2 aromatic carbocycles. The molecule has 0 saturated heterocycles. The van der Waals surface area contributed by atoms with E-state index in [1.165, 1.54) is 6.07 Å². The molecule has 0 aliphatic heterocycles. The van der Waals surface area contributed by atoms with E-state index in [0.717, 1.165) is 12.1 Å². The molecule has 0 unspecified atom stereocenters. The van der Waals surface area contributed by atoms with Gasteiger partial charge in [0.1, 0.15) is 11.6 Å². The Labute approximate surface area is 135 Å². The Bertz CT molecular complexity index is 950. The second kappa shape index (κ2) is 6.41. The predicted octanol–water partition coefficient (Wildman–Crippen LogP) is 2.97. The molecule has 1 amide bonds. The maximum absolute atomic E-state index is 13.6. The van der Waals surface area contributed by atoms with Gasteiger partial charge >= 0.3 is 0 Å². The quantitative estimate of drug-likeness (QED) is 0.776. The monoisotopic (exact) mass is 327 g/mol. The maximum atomic E-state index is 13.6. The Balaban J connectivity index is 1.85. The van der Waals surface area contributed by atoms with Gasteiger partial charge in [0, 0.05) is 23.4 Å². The minimum atomic E-state index is -0.939. The molecule has 3 aromatic rings. The van der Waals surface area contributed by atoms with Crippen LogP contribution in [0.3, 0.4) is 0 Å². The van der Waals surface area contributed by atoms with Gasteiger partial charge < -0.3 is 5.32 Å². The number of rotatable bonds is 3. The number of H-pyrrole nitrogens is 1. The summed E-state index contributed by atoms with van der Waals surface area (Å²) in [6.45, 7) is 0. The molecular formula is C17H11F2N3O2. The Kier molecular flexibility index (Phi) is 4.15. The van der Waals surface area contributed by atoms with E-state index in [0.29, 0.717) is 23.0 Å². The van der Waals surface area contributed by atoms with Crippen LogP contribution in [0.15, 0.2) is 59.4 Å². The van der Waals surface area contributed by atoms with Crippen LogP contribution in [-0.2, 0) is 0 Å². The zero-order valence-electron chi connectivity index (χ0n) is 12.2. The van der Waals surface area contributed by atoms with E-state index in [1.807, 2.05) is 0 Å². The Morgan fingerprint density at radius 1 is 1.04 bits per heavy atom. The van der Waals surface area contributed by atoms with Crippen molar-refractivity contribution >= 4 is 11.6 Å². The summed E-state index contributed by atoms with van der Waals surface area (Å²) in [5.41, 5.74) is 0.996. The Hall–Kier alpha value is -3.35. The number of aromatic nitrogens is 2. The largest absolute Gasteiger partial charge is 0.322 e. The second-order valence-electron chi connectivity index (χ2n) is 4.97. The summed E-state index contributed by atoms with van der Waals surface area (Å²) in [6, 6.07) is 12.3. The number of carbonyl (C=O) groups is 1. The SMILES string of the molecule is O=C(Nc1cccc(-c2ccc(=O)[nH]n2)c1)c1ccc(F)cc1F. The molecule has 3 rings (SSSR count). The topological polar surface area (TPSA) is 74.8 Å². The van der Waals surface area contributed by atoms with Crippen molar-refractivity contribution in [3.8, 4) is 11.3 Å². The third kappa shape index (κ3) is 3.35. The molecule has 0 atom stereocenters. The van der Waals surface area contributed by atoms with Gasteiger partial charge in [0.25, 0.3) is 11.5 Å². The number of carbonyl (C=O) groups excluding carboxylic acids is 1. The van der Waals surface area contributed by atoms with Crippen LogP contribution in [0, 0.1) is 11.6 Å². The fraction of sp³-hybridized carbons (Fsp3) is 0. The molecule has 0 fully saturated rings. The average molecular weight is 327 g/mol. The first-order valence-corrected chi connectivity index (χ1v) is 6.95. The third-order valence-corrected chi connectivity index (χ3v) is 3.27. The molecule has 0 bridgehead atoms. The van der Waals surface area contributed by atoms with Crippen LogP contribution in [0.25, 0.3) is 11.3 Å². The molecule has 2 N–H and O–H groups in total. The summed E-state index contributed by atoms with van der Waals surface area (Å²) in [4.78, 5) is 23.1. The number of halogens is 2. The number of nitrogens with zero attached hydrogens (tertiary/aromatic N) is 1. The van der Waals surface area contributed by atoms with Crippen molar-refractivity contribution in [1.29, 1.82) is 0 Å². The molecule has 0 radical (unpaired) electrons. The number of anilines is 1. The number of hydrogen-bond acceptors (Lipinski definition) is 3. The molecule has 5 nitrogen and oxygen atoms in total. The first kappa shape index (κ1) is 15.5. The summed E-state index contributed by atoms with van der Waals surface area (Å²) in [5.74, 6) is -2.39. The lowest BCUT2D eigenvalue weighted by atomic mass is 10.1. The van der Waals surface area contributed by atoms with Crippen LogP contribution in [0.1, 0.15) is 10.4 Å². The molecule has 0 aliphatic carbocycles. The summed E-state index contributed by atoms with van der Waals surface area (Å²) in [5, 5.41) is 8.76. The normalized spacial score (nSPS) is 10.4. The predicted molar refractivity (Wildman–Crippen MR) is 84.6 cm³/mol. The zero-order valence-corrected chi connectivity index (χ0v) is 12.2. The highest BCUT2D eigenvalue weighted by Crippen LogP contribution is 2.20. The molecular weight excluding hydrogens is 316 g/mol. The van der Waals surface area contributed by atoms with Crippen molar-refractivity contribution in [2.45, 2.75) is 0 Å². The van der Waals surface area contributed by atoms with Crippen molar-refractivity contribution in [2.24, 2.45) is 0 Å². The number of nitrogens with one attached hydrogen (secondary N) is 2. The highest BCUT2D eigenvalue weighted by molar-refractivity contribution is 6.04. The summed E-state index contributed by atoms with van der Waals surface area (Å²) in [7, 11) is 0. The van der Waals surface area contributed by atoms with E-state index in [9.17, 15) is 18.4 Å². The first-order chi connectivity index (χ1) is 11.5. The van der Waals surface area contributed by atoms with Crippen molar-refractivity contribution in [3.05, 3.63) is 82.1 Å². The maximum Gasteiger partial charge on any atom is 0.264 e. The van der Waals surface area contributed by atoms with E-state index < -0.39 is 17.5 Å². The zero-order chi connectivity index (χ0) is 17.1. The van der Waals surface area contributed by atoms with Crippen LogP contribution >= 0.6 is 0 Å². The lowest BCUT2D eigenvalue weighted by Crippen LogP contribution is -2.14. The smallest absolute Gasteiger partial charge is 0.264 e. The van der Waals surface area contributed by atoms with Crippen molar-refractivity contribution < 1.29 is 13.6 Å². The Morgan fingerprint density at radius 3 is 2.58 bits per heavy atom. The number of aromatic amines is 1. The van der Waals surface area contributed by atoms with Crippen LogP contribution in [0.2, 0.25) is 0 Å². The van der Waals surface area contributed by atoms with E-state index in [4.69, 9.17) is 0 Å². The molecule has 24 heavy (non-hydrogen) atoms. The van der Waals surface area contributed by atoms with Gasteiger partial charge in [-0.3, -0.25) is 9.59 Å². The van der Waals surface area contributed by atoms with Gasteiger partial charge in [-0.2, -0.15) is 5.10 Å². The van der Waals surface area contributed by atoms with Gasteiger partial charge in [-0.1, -0.05) is 12.1 Å². The van der Waals surface area contributed by atoms with Gasteiger partial charge in [0.05, 0.1) is 11.3 Å². The molecule has 1 aromatic heterocycles. The molecule has 0 saturated carbocycles. The number of benzene rings is 2. The minimum Gasteiger partial charge on any atom is -0.322 e. The van der Waals surface area contributed by atoms with Gasteiger partial charge in [-0.05, 0) is 30.3 Å². The fourth-order valence-electron chi connectivity index (χ4n) is 2.13. The molecule has 7 heteroatoms. The highest BCUT2D eigenvalue weighted by atomic mass is 19.1. The summed E-state index contributed by atoms with van der Waals surface area (Å²) >= 11 is 0. The number of hydrogen-bond donors (Lipinski definition) is 2. The van der Waals surface area contributed by atoms with Crippen molar-refractivity contribution in [2.75, 3.05) is 5.32 Å². The van der Waals surface area contributed by atoms with Crippen LogP contribution in [0.4, 0.5) is 14.5 Å². The standard InChI is InChI=1S/C17H11F2N3O2/c18-11-4-5-13(14(19)9-11)17(24)20-12-3-1-2-10(8-12)15-6-7-16(23)22-21-15/h1-9H,(H,20,24)(H,22,23). The molecule has 0 aliphatic rings. The number of amides is 1. The lowest BCUT2D eigenvalue weighted by Gasteiger charge is -2.08. The highest BCUT2D eigenvalue weighted by Gasteiger charge is 2.13. The summed E-state index contributed by atoms with van der Waals surface area (Å²) < 4.78 is 26.5. The van der Waals surface area contributed by atoms with Crippen LogP contribution in [0.5, 0.6) is 0 Å². The van der Waals surface area contributed by atoms with Gasteiger partial charge in [0.2, 0.25) is 0 Å². The van der Waals surface area contributed by atoms with Gasteiger partial charge in [0.15, 0.2) is 0 Å². The minimum absolute atomic E-state index is 0.260. The Morgan fingerprint density at radius 2 is 1.88 bits per heavy atom. The van der Waals surface area contributed by atoms with E-state index in [2.05, 4.69) is 15.5 Å². The fourth-order valence-corrected chi connectivity index (χ4v) is 2.13. The molecule has 120 valence electrons. The van der Waals surface area contributed by atoms with Crippen molar-refractivity contribution in [3.63, 3.8) is 0 Å². The molecule has 1 heterocycles. The van der Waals surface area contributed by atoms with Gasteiger partial charge in [-0.25, -0.2) is 13.9 Å². The van der Waals surface area contributed by atoms with E-state index in [1.54, 1.807) is 30.3 Å². The second-order valence-corrected chi connectivity index (χ2v) is 4.97. The van der Waals surface area contributed by atoms with Gasteiger partial charge in [-0.15, -0.1) is 0 Å². The van der Waals surface area contributed by atoms with E-state index >= 15 is 0 Å². The van der Waals surface area contributed by atoms with Crippen LogP contribution in [-0.4, -0.2) is 16.1 Å². The first-order valence-electron chi connectivity index (χ1n) is 6.95. The van der Waals surface area contributed by atoms with Crippen molar-refractivity contribution in [1.82, 2.24) is 10.2 Å². The van der Waals surface area contributed by atoms with Crippen LogP contribution < -0.4 is 10.9 Å². The average Bonchev–Trinajstić information content (AvgIpc) is 2.55. The summed E-state index contributed by atoms with van der Waals surface area (Å²) in [6.07, 6.45) is 0. The lowest BCUT2D eigenvalue weighted by molar-refractivity contribution is 0.102.